The third-order valence-corrected chi connectivity index (χ3v) is 4.57. The van der Waals surface area contributed by atoms with Crippen molar-refractivity contribution < 1.29 is 4.79 Å². The van der Waals surface area contributed by atoms with Crippen LogP contribution in [0, 0.1) is 6.92 Å². The van der Waals surface area contributed by atoms with Gasteiger partial charge in [-0.1, -0.05) is 37.3 Å². The molecular formula is C20H26N4O. The van der Waals surface area contributed by atoms with E-state index in [0.29, 0.717) is 6.42 Å². The van der Waals surface area contributed by atoms with E-state index in [1.54, 1.807) is 0 Å². The summed E-state index contributed by atoms with van der Waals surface area (Å²) in [5.41, 5.74) is 2.14. The summed E-state index contributed by atoms with van der Waals surface area (Å²) in [7, 11) is 0. The number of aromatic nitrogens is 2. The molecule has 1 N–H and O–H groups in total. The summed E-state index contributed by atoms with van der Waals surface area (Å²) in [6.07, 6.45) is 3.69. The molecule has 1 aromatic carbocycles. The van der Waals surface area contributed by atoms with Gasteiger partial charge < -0.3 is 10.2 Å². The largest absolute Gasteiger partial charge is 0.358 e. The minimum Gasteiger partial charge on any atom is -0.358 e. The molecule has 1 atom stereocenters. The van der Waals surface area contributed by atoms with Crippen molar-refractivity contribution in [3.8, 4) is 0 Å². The molecule has 1 aliphatic rings. The van der Waals surface area contributed by atoms with Gasteiger partial charge in [-0.05, 0) is 31.7 Å². The highest BCUT2D eigenvalue weighted by atomic mass is 16.2. The lowest BCUT2D eigenvalue weighted by Crippen LogP contribution is -2.43. The molecule has 25 heavy (non-hydrogen) atoms. The Morgan fingerprint density at radius 2 is 1.92 bits per heavy atom. The average molecular weight is 338 g/mol. The average Bonchev–Trinajstić information content (AvgIpc) is 3.15. The fourth-order valence-electron chi connectivity index (χ4n) is 3.27. The Bertz CT molecular complexity index is 711. The lowest BCUT2D eigenvalue weighted by Gasteiger charge is -2.25. The van der Waals surface area contributed by atoms with Crippen LogP contribution < -0.4 is 5.32 Å². The Kier molecular flexibility index (Phi) is 5.64. The van der Waals surface area contributed by atoms with Gasteiger partial charge in [-0.3, -0.25) is 4.79 Å². The molecule has 0 aliphatic carbocycles. The highest BCUT2D eigenvalue weighted by Crippen LogP contribution is 2.16. The Morgan fingerprint density at radius 3 is 2.60 bits per heavy atom. The SMILES string of the molecule is CCc1cc(NC(Cc2ccccc2)C(=O)N2CCCC2)nc(C)n1. The number of carbonyl (C=O) groups excluding carboxylic acids is 1. The standard InChI is InChI=1S/C20H26N4O/c1-3-17-14-19(22-15(2)21-17)23-18(13-16-9-5-4-6-10-16)20(25)24-11-7-8-12-24/h4-6,9-10,14,18H,3,7-8,11-13H2,1-2H3,(H,21,22,23). The van der Waals surface area contributed by atoms with E-state index < -0.39 is 0 Å². The lowest BCUT2D eigenvalue weighted by molar-refractivity contribution is -0.130. The Labute approximate surface area is 149 Å². The fraction of sp³-hybridized carbons (Fsp3) is 0.450. The number of nitrogens with zero attached hydrogens (tertiary/aromatic N) is 3. The molecule has 0 bridgehead atoms. The van der Waals surface area contributed by atoms with E-state index in [9.17, 15) is 4.79 Å². The minimum absolute atomic E-state index is 0.163. The smallest absolute Gasteiger partial charge is 0.245 e. The molecule has 3 rings (SSSR count). The van der Waals surface area contributed by atoms with Gasteiger partial charge in [0.05, 0.1) is 0 Å². The molecule has 5 nitrogen and oxygen atoms in total. The Morgan fingerprint density at radius 1 is 1.20 bits per heavy atom. The lowest BCUT2D eigenvalue weighted by atomic mass is 10.0. The first-order valence-electron chi connectivity index (χ1n) is 9.09. The van der Waals surface area contributed by atoms with Crippen molar-refractivity contribution in [3.05, 3.63) is 53.5 Å². The summed E-state index contributed by atoms with van der Waals surface area (Å²) in [4.78, 5) is 23.9. The van der Waals surface area contributed by atoms with Gasteiger partial charge in [0.15, 0.2) is 0 Å². The van der Waals surface area contributed by atoms with Crippen molar-refractivity contribution in [3.63, 3.8) is 0 Å². The van der Waals surface area contributed by atoms with E-state index in [2.05, 4.69) is 34.3 Å². The first-order chi connectivity index (χ1) is 12.2. The molecule has 132 valence electrons. The molecule has 2 heterocycles. The number of amides is 1. The number of carbonyl (C=O) groups is 1. The second-order valence-electron chi connectivity index (χ2n) is 6.56. The van der Waals surface area contributed by atoms with Gasteiger partial charge in [0, 0.05) is 31.3 Å². The third-order valence-electron chi connectivity index (χ3n) is 4.57. The normalized spacial score (nSPS) is 15.2. The zero-order valence-corrected chi connectivity index (χ0v) is 15.0. The number of rotatable bonds is 6. The molecule has 0 saturated carbocycles. The molecule has 1 saturated heterocycles. The minimum atomic E-state index is -0.306. The summed E-state index contributed by atoms with van der Waals surface area (Å²) in [6.45, 7) is 5.67. The Balaban J connectivity index is 1.82. The Hall–Kier alpha value is -2.43. The molecular weight excluding hydrogens is 312 g/mol. The van der Waals surface area contributed by atoms with Crippen molar-refractivity contribution in [2.45, 2.75) is 45.6 Å². The van der Waals surface area contributed by atoms with Gasteiger partial charge in [-0.2, -0.15) is 0 Å². The molecule has 1 amide bonds. The van der Waals surface area contributed by atoms with Gasteiger partial charge in [0.25, 0.3) is 0 Å². The van der Waals surface area contributed by atoms with E-state index in [-0.39, 0.29) is 11.9 Å². The zero-order valence-electron chi connectivity index (χ0n) is 15.0. The first-order valence-corrected chi connectivity index (χ1v) is 9.09. The monoisotopic (exact) mass is 338 g/mol. The number of benzene rings is 1. The van der Waals surface area contributed by atoms with Crippen LogP contribution in [0.25, 0.3) is 0 Å². The van der Waals surface area contributed by atoms with Crippen LogP contribution in [0.3, 0.4) is 0 Å². The predicted octanol–water partition coefficient (Wildman–Crippen LogP) is 2.99. The van der Waals surface area contributed by atoms with E-state index in [0.717, 1.165) is 55.3 Å². The van der Waals surface area contributed by atoms with Crippen LogP contribution in [0.5, 0.6) is 0 Å². The summed E-state index contributed by atoms with van der Waals surface area (Å²) in [5.74, 6) is 1.63. The van der Waals surface area contributed by atoms with Gasteiger partial charge in [-0.25, -0.2) is 9.97 Å². The molecule has 1 aromatic heterocycles. The number of hydrogen-bond acceptors (Lipinski definition) is 4. The van der Waals surface area contributed by atoms with Gasteiger partial charge in [-0.15, -0.1) is 0 Å². The van der Waals surface area contributed by atoms with Gasteiger partial charge in [0.1, 0.15) is 17.7 Å². The van der Waals surface area contributed by atoms with Crippen molar-refractivity contribution >= 4 is 11.7 Å². The number of anilines is 1. The maximum Gasteiger partial charge on any atom is 0.245 e. The van der Waals surface area contributed by atoms with Crippen LogP contribution in [0.15, 0.2) is 36.4 Å². The van der Waals surface area contributed by atoms with Crippen LogP contribution >= 0.6 is 0 Å². The third kappa shape index (κ3) is 4.56. The highest BCUT2D eigenvalue weighted by molar-refractivity contribution is 5.85. The second kappa shape index (κ2) is 8.10. The van der Waals surface area contributed by atoms with Crippen molar-refractivity contribution in [1.82, 2.24) is 14.9 Å². The summed E-state index contributed by atoms with van der Waals surface area (Å²) in [5, 5.41) is 3.38. The van der Waals surface area contributed by atoms with E-state index in [1.807, 2.05) is 36.1 Å². The number of aryl methyl sites for hydroxylation is 2. The van der Waals surface area contributed by atoms with Crippen LogP contribution in [0.2, 0.25) is 0 Å². The number of nitrogens with one attached hydrogen (secondary N) is 1. The highest BCUT2D eigenvalue weighted by Gasteiger charge is 2.27. The molecule has 1 aliphatic heterocycles. The van der Waals surface area contributed by atoms with Crippen LogP contribution in [0.1, 0.15) is 36.8 Å². The van der Waals surface area contributed by atoms with Gasteiger partial charge >= 0.3 is 0 Å². The summed E-state index contributed by atoms with van der Waals surface area (Å²) >= 11 is 0. The quantitative estimate of drug-likeness (QED) is 0.880. The molecule has 1 fully saturated rings. The topological polar surface area (TPSA) is 58.1 Å². The van der Waals surface area contributed by atoms with Crippen LogP contribution in [0.4, 0.5) is 5.82 Å². The van der Waals surface area contributed by atoms with E-state index >= 15 is 0 Å². The second-order valence-corrected chi connectivity index (χ2v) is 6.56. The molecule has 5 heteroatoms. The predicted molar refractivity (Wildman–Crippen MR) is 99.5 cm³/mol. The number of likely N-dealkylation sites (tertiary alicyclic amines) is 1. The molecule has 0 spiro atoms. The van der Waals surface area contributed by atoms with Crippen LogP contribution in [-0.2, 0) is 17.6 Å². The van der Waals surface area contributed by atoms with Crippen molar-refractivity contribution in [1.29, 1.82) is 0 Å². The van der Waals surface area contributed by atoms with E-state index in [1.165, 1.54) is 0 Å². The van der Waals surface area contributed by atoms with E-state index in [4.69, 9.17) is 0 Å². The fourth-order valence-corrected chi connectivity index (χ4v) is 3.27. The summed E-state index contributed by atoms with van der Waals surface area (Å²) in [6, 6.07) is 11.8. The first kappa shape index (κ1) is 17.4. The maximum absolute atomic E-state index is 13.0. The summed E-state index contributed by atoms with van der Waals surface area (Å²) < 4.78 is 0. The van der Waals surface area contributed by atoms with Gasteiger partial charge in [0.2, 0.25) is 5.91 Å². The van der Waals surface area contributed by atoms with Crippen molar-refractivity contribution in [2.24, 2.45) is 0 Å². The maximum atomic E-state index is 13.0. The number of hydrogen-bond donors (Lipinski definition) is 1. The zero-order chi connectivity index (χ0) is 17.6. The molecule has 0 radical (unpaired) electrons. The molecule has 1 unspecified atom stereocenters. The van der Waals surface area contributed by atoms with Crippen molar-refractivity contribution in [2.75, 3.05) is 18.4 Å². The van der Waals surface area contributed by atoms with Crippen LogP contribution in [-0.4, -0.2) is 39.9 Å². The molecule has 2 aromatic rings.